The average molecular weight is 220 g/mol. The molecule has 0 fully saturated rings. The second kappa shape index (κ2) is 3.96. The van der Waals surface area contributed by atoms with Gasteiger partial charge in [-0.1, -0.05) is 12.1 Å². The summed E-state index contributed by atoms with van der Waals surface area (Å²) in [6, 6.07) is 8.05. The Bertz CT molecular complexity index is 526. The van der Waals surface area contributed by atoms with E-state index in [0.29, 0.717) is 11.3 Å². The predicted octanol–water partition coefficient (Wildman–Crippen LogP) is 1.70. The van der Waals surface area contributed by atoms with Crippen LogP contribution in [0.2, 0.25) is 0 Å². The maximum atomic E-state index is 5.59. The minimum atomic E-state index is 0.362. The molecule has 0 aliphatic rings. The fourth-order valence-corrected chi connectivity index (χ4v) is 1.76. The van der Waals surface area contributed by atoms with Crippen LogP contribution in [-0.2, 0) is 6.54 Å². The van der Waals surface area contributed by atoms with E-state index in [1.165, 1.54) is 5.56 Å². The Morgan fingerprint density at radius 3 is 3.00 bits per heavy atom. The van der Waals surface area contributed by atoms with E-state index in [9.17, 15) is 0 Å². The van der Waals surface area contributed by atoms with Crippen molar-refractivity contribution < 1.29 is 0 Å². The second-order valence-corrected chi connectivity index (χ2v) is 3.71. The lowest BCUT2D eigenvalue weighted by Crippen LogP contribution is -2.06. The fourth-order valence-electron chi connectivity index (χ4n) is 1.50. The van der Waals surface area contributed by atoms with Crippen molar-refractivity contribution in [3.8, 4) is 5.69 Å². The lowest BCUT2D eigenvalue weighted by atomic mass is 10.2. The van der Waals surface area contributed by atoms with Crippen molar-refractivity contribution in [1.82, 2.24) is 14.8 Å². The van der Waals surface area contributed by atoms with Crippen molar-refractivity contribution in [2.75, 3.05) is 0 Å². The van der Waals surface area contributed by atoms with Crippen LogP contribution < -0.4 is 5.73 Å². The minimum absolute atomic E-state index is 0.362. The number of nitrogens with zero attached hydrogens (tertiary/aromatic N) is 2. The molecule has 1 aromatic heterocycles. The normalized spacial score (nSPS) is 10.5. The Morgan fingerprint density at radius 1 is 1.53 bits per heavy atom. The fraction of sp³-hybridized carbons (Fsp3) is 0.200. The third-order valence-electron chi connectivity index (χ3n) is 2.18. The van der Waals surface area contributed by atoms with Gasteiger partial charge in [0.15, 0.2) is 4.77 Å². The van der Waals surface area contributed by atoms with Crippen LogP contribution in [0.25, 0.3) is 5.69 Å². The van der Waals surface area contributed by atoms with E-state index in [1.54, 1.807) is 0 Å². The third kappa shape index (κ3) is 1.84. The molecular formula is C10H12N4S. The number of benzene rings is 1. The molecule has 2 aromatic rings. The Labute approximate surface area is 92.7 Å². The van der Waals surface area contributed by atoms with Gasteiger partial charge in [-0.2, -0.15) is 5.10 Å². The Kier molecular flexibility index (Phi) is 2.66. The number of hydrogen-bond acceptors (Lipinski definition) is 3. The average Bonchev–Trinajstić information content (AvgIpc) is 2.59. The molecule has 3 N–H and O–H groups in total. The first kappa shape index (κ1) is 10.1. The van der Waals surface area contributed by atoms with Gasteiger partial charge in [-0.05, 0) is 36.8 Å². The minimum Gasteiger partial charge on any atom is -0.324 e. The molecule has 78 valence electrons. The van der Waals surface area contributed by atoms with Gasteiger partial charge in [0.25, 0.3) is 0 Å². The van der Waals surface area contributed by atoms with Crippen LogP contribution >= 0.6 is 12.2 Å². The molecule has 0 aliphatic carbocycles. The van der Waals surface area contributed by atoms with Gasteiger partial charge in [0, 0.05) is 5.69 Å². The smallest absolute Gasteiger partial charge is 0.199 e. The summed E-state index contributed by atoms with van der Waals surface area (Å²) in [4.78, 5) is 0. The molecule has 0 saturated carbocycles. The van der Waals surface area contributed by atoms with Gasteiger partial charge in [-0.15, -0.1) is 0 Å². The summed E-state index contributed by atoms with van der Waals surface area (Å²) in [5.74, 6) is 0.741. The number of hydrogen-bond donors (Lipinski definition) is 2. The Morgan fingerprint density at radius 2 is 2.33 bits per heavy atom. The summed E-state index contributed by atoms with van der Waals surface area (Å²) in [6.45, 7) is 2.40. The van der Waals surface area contributed by atoms with Crippen LogP contribution in [0, 0.1) is 11.7 Å². The zero-order valence-corrected chi connectivity index (χ0v) is 9.21. The van der Waals surface area contributed by atoms with Gasteiger partial charge < -0.3 is 5.73 Å². The molecule has 0 spiro atoms. The van der Waals surface area contributed by atoms with Crippen LogP contribution in [0.3, 0.4) is 0 Å². The SMILES string of the molecule is Cc1cccc(-n2c(CN)n[nH]c2=S)c1. The molecule has 2 rings (SSSR count). The van der Waals surface area contributed by atoms with Crippen LogP contribution in [0.5, 0.6) is 0 Å². The number of nitrogens with two attached hydrogens (primary N) is 1. The highest BCUT2D eigenvalue weighted by Crippen LogP contribution is 2.12. The first-order chi connectivity index (χ1) is 7.22. The van der Waals surface area contributed by atoms with Crippen molar-refractivity contribution in [3.63, 3.8) is 0 Å². The molecule has 1 aromatic carbocycles. The third-order valence-corrected chi connectivity index (χ3v) is 2.46. The largest absolute Gasteiger partial charge is 0.324 e. The van der Waals surface area contributed by atoms with Gasteiger partial charge >= 0.3 is 0 Å². The monoisotopic (exact) mass is 220 g/mol. The molecule has 15 heavy (non-hydrogen) atoms. The zero-order chi connectivity index (χ0) is 10.8. The van der Waals surface area contributed by atoms with Crippen molar-refractivity contribution >= 4 is 12.2 Å². The van der Waals surface area contributed by atoms with E-state index in [4.69, 9.17) is 18.0 Å². The lowest BCUT2D eigenvalue weighted by molar-refractivity contribution is 0.856. The topological polar surface area (TPSA) is 59.6 Å². The first-order valence-electron chi connectivity index (χ1n) is 4.66. The molecule has 0 unspecified atom stereocenters. The number of aromatic amines is 1. The Balaban J connectivity index is 2.62. The van der Waals surface area contributed by atoms with Gasteiger partial charge in [-0.3, -0.25) is 9.67 Å². The molecule has 1 heterocycles. The molecular weight excluding hydrogens is 208 g/mol. The van der Waals surface area contributed by atoms with Crippen molar-refractivity contribution in [3.05, 3.63) is 40.4 Å². The number of aryl methyl sites for hydroxylation is 1. The number of aromatic nitrogens is 3. The van der Waals surface area contributed by atoms with Crippen molar-refractivity contribution in [1.29, 1.82) is 0 Å². The van der Waals surface area contributed by atoms with Gasteiger partial charge in [-0.25, -0.2) is 0 Å². The molecule has 5 heteroatoms. The Hall–Kier alpha value is -1.46. The van der Waals surface area contributed by atoms with Gasteiger partial charge in [0.05, 0.1) is 6.54 Å². The summed E-state index contributed by atoms with van der Waals surface area (Å²) in [5, 5.41) is 6.80. The lowest BCUT2D eigenvalue weighted by Gasteiger charge is -2.05. The quantitative estimate of drug-likeness (QED) is 0.757. The summed E-state index contributed by atoms with van der Waals surface area (Å²) >= 11 is 5.15. The second-order valence-electron chi connectivity index (χ2n) is 3.32. The number of rotatable bonds is 2. The molecule has 4 nitrogen and oxygen atoms in total. The predicted molar refractivity (Wildman–Crippen MR) is 61.4 cm³/mol. The summed E-state index contributed by atoms with van der Waals surface area (Å²) in [6.07, 6.45) is 0. The van der Waals surface area contributed by atoms with E-state index in [1.807, 2.05) is 35.8 Å². The molecule has 0 radical (unpaired) electrons. The summed E-state index contributed by atoms with van der Waals surface area (Å²) in [5.41, 5.74) is 7.76. The van der Waals surface area contributed by atoms with Crippen LogP contribution in [-0.4, -0.2) is 14.8 Å². The first-order valence-corrected chi connectivity index (χ1v) is 5.06. The van der Waals surface area contributed by atoms with Gasteiger partial charge in [0.1, 0.15) is 5.82 Å². The summed E-state index contributed by atoms with van der Waals surface area (Å²) in [7, 11) is 0. The van der Waals surface area contributed by atoms with Crippen molar-refractivity contribution in [2.24, 2.45) is 5.73 Å². The van der Waals surface area contributed by atoms with E-state index < -0.39 is 0 Å². The number of H-pyrrole nitrogens is 1. The van der Waals surface area contributed by atoms with E-state index in [0.717, 1.165) is 11.5 Å². The van der Waals surface area contributed by atoms with E-state index in [-0.39, 0.29) is 0 Å². The van der Waals surface area contributed by atoms with Crippen LogP contribution in [0.1, 0.15) is 11.4 Å². The van der Waals surface area contributed by atoms with Gasteiger partial charge in [0.2, 0.25) is 0 Å². The highest BCUT2D eigenvalue weighted by Gasteiger charge is 2.05. The van der Waals surface area contributed by atoms with Crippen molar-refractivity contribution in [2.45, 2.75) is 13.5 Å². The molecule has 0 bridgehead atoms. The highest BCUT2D eigenvalue weighted by atomic mass is 32.1. The van der Waals surface area contributed by atoms with E-state index >= 15 is 0 Å². The standard InChI is InChI=1S/C10H12N4S/c1-7-3-2-4-8(5-7)14-9(6-11)12-13-10(14)15/h2-5H,6,11H2,1H3,(H,13,15). The number of nitrogens with one attached hydrogen (secondary N) is 1. The summed E-state index contributed by atoms with van der Waals surface area (Å²) < 4.78 is 2.42. The molecule has 0 atom stereocenters. The zero-order valence-electron chi connectivity index (χ0n) is 8.40. The maximum Gasteiger partial charge on any atom is 0.199 e. The van der Waals surface area contributed by atoms with E-state index in [2.05, 4.69) is 10.2 Å². The highest BCUT2D eigenvalue weighted by molar-refractivity contribution is 7.71. The molecule has 0 saturated heterocycles. The molecule has 0 aliphatic heterocycles. The van der Waals surface area contributed by atoms with Crippen LogP contribution in [0.4, 0.5) is 0 Å². The maximum absolute atomic E-state index is 5.59. The molecule has 0 amide bonds. The van der Waals surface area contributed by atoms with Crippen LogP contribution in [0.15, 0.2) is 24.3 Å².